The number of ether oxygens (including phenoxy) is 3. The summed E-state index contributed by atoms with van der Waals surface area (Å²) in [6, 6.07) is 29.7. The Balaban J connectivity index is 1.49. The van der Waals surface area contributed by atoms with Gasteiger partial charge < -0.3 is 19.3 Å². The number of amides is 1. The van der Waals surface area contributed by atoms with Gasteiger partial charge in [-0.05, 0) is 59.7 Å². The molecule has 0 unspecified atom stereocenters. The third-order valence-electron chi connectivity index (χ3n) is 7.47. The number of hydrogen-bond donors (Lipinski definition) is 3. The molecule has 1 amide bonds. The number of aliphatic imine (C=N–C) groups is 1. The molecule has 10 heteroatoms. The van der Waals surface area contributed by atoms with Crippen LogP contribution in [0.3, 0.4) is 0 Å². The Bertz CT molecular complexity index is 1660. The van der Waals surface area contributed by atoms with Gasteiger partial charge in [-0.3, -0.25) is 10.2 Å². The van der Waals surface area contributed by atoms with Crippen LogP contribution < -0.4 is 20.3 Å². The van der Waals surface area contributed by atoms with Crippen molar-refractivity contribution in [3.8, 4) is 11.5 Å². The van der Waals surface area contributed by atoms with Gasteiger partial charge in [-0.2, -0.15) is 0 Å². The summed E-state index contributed by atoms with van der Waals surface area (Å²) in [7, 11) is 1.61. The Morgan fingerprint density at radius 3 is 2.43 bits per heavy atom. The molecular formula is C36H35Cl2N3O5. The SMILES string of the molecule is COc1ccc(CNNC(=O)[C@@]2(C/C=C/c3ccccc3)N=C(c3ccc(OCCCO)cc3)O[C@H]2c2ccc(Cl)cc2Cl)cc1. The minimum absolute atomic E-state index is 0.0508. The van der Waals surface area contributed by atoms with E-state index in [1.807, 2.05) is 78.9 Å². The fraction of sp³-hybridized carbons (Fsp3) is 0.222. The average Bonchev–Trinajstić information content (AvgIpc) is 3.46. The van der Waals surface area contributed by atoms with Crippen molar-refractivity contribution in [2.75, 3.05) is 20.3 Å². The van der Waals surface area contributed by atoms with Gasteiger partial charge in [0.1, 0.15) is 11.5 Å². The number of carbonyl (C=O) groups is 1. The molecule has 1 aliphatic rings. The molecular weight excluding hydrogens is 625 g/mol. The highest BCUT2D eigenvalue weighted by atomic mass is 35.5. The van der Waals surface area contributed by atoms with Crippen LogP contribution in [0.5, 0.6) is 11.5 Å². The number of halogens is 2. The van der Waals surface area contributed by atoms with E-state index in [0.29, 0.717) is 46.5 Å². The second kappa shape index (κ2) is 15.8. The van der Waals surface area contributed by atoms with Crippen molar-refractivity contribution in [1.29, 1.82) is 0 Å². The highest BCUT2D eigenvalue weighted by Gasteiger charge is 2.53. The molecule has 1 aliphatic heterocycles. The summed E-state index contributed by atoms with van der Waals surface area (Å²) >= 11 is 13.0. The van der Waals surface area contributed by atoms with Gasteiger partial charge in [-0.15, -0.1) is 0 Å². The zero-order valence-corrected chi connectivity index (χ0v) is 26.8. The lowest BCUT2D eigenvalue weighted by atomic mass is 9.84. The summed E-state index contributed by atoms with van der Waals surface area (Å²) in [5.74, 6) is 1.28. The Labute approximate surface area is 278 Å². The number of benzene rings is 4. The van der Waals surface area contributed by atoms with Crippen LogP contribution in [0.1, 0.15) is 41.2 Å². The Morgan fingerprint density at radius 1 is 1.00 bits per heavy atom. The quantitative estimate of drug-likeness (QED) is 0.100. The Morgan fingerprint density at radius 2 is 1.74 bits per heavy atom. The molecule has 0 aromatic heterocycles. The molecule has 0 saturated carbocycles. The van der Waals surface area contributed by atoms with Crippen LogP contribution in [0.2, 0.25) is 10.0 Å². The Hall–Kier alpha value is -4.34. The molecule has 3 N–H and O–H groups in total. The summed E-state index contributed by atoms with van der Waals surface area (Å²) in [6.45, 7) is 0.813. The van der Waals surface area contributed by atoms with Crippen LogP contribution in [0.4, 0.5) is 0 Å². The van der Waals surface area contributed by atoms with Crippen LogP contribution in [0.15, 0.2) is 108 Å². The van der Waals surface area contributed by atoms with E-state index >= 15 is 0 Å². The maximum Gasteiger partial charge on any atom is 0.266 e. The van der Waals surface area contributed by atoms with Crippen molar-refractivity contribution in [3.05, 3.63) is 135 Å². The fourth-order valence-corrected chi connectivity index (χ4v) is 5.53. The van der Waals surface area contributed by atoms with Crippen molar-refractivity contribution in [2.24, 2.45) is 4.99 Å². The minimum Gasteiger partial charge on any atom is -0.497 e. The molecule has 8 nitrogen and oxygen atoms in total. The number of hydrogen-bond acceptors (Lipinski definition) is 7. The van der Waals surface area contributed by atoms with Gasteiger partial charge in [-0.1, -0.05) is 83.9 Å². The number of nitrogens with zero attached hydrogens (tertiary/aromatic N) is 1. The number of aliphatic hydroxyl groups excluding tert-OH is 1. The normalized spacial score (nSPS) is 17.4. The molecule has 2 atom stereocenters. The molecule has 0 fully saturated rings. The maximum atomic E-state index is 14.3. The van der Waals surface area contributed by atoms with Crippen molar-refractivity contribution < 1.29 is 24.1 Å². The fourth-order valence-electron chi connectivity index (χ4n) is 5.02. The van der Waals surface area contributed by atoms with E-state index in [2.05, 4.69) is 10.9 Å². The van der Waals surface area contributed by atoms with Crippen LogP contribution in [-0.2, 0) is 16.1 Å². The average molecular weight is 661 g/mol. The van der Waals surface area contributed by atoms with Gasteiger partial charge in [0.25, 0.3) is 5.91 Å². The van der Waals surface area contributed by atoms with Gasteiger partial charge in [0.05, 0.1) is 13.7 Å². The van der Waals surface area contributed by atoms with Gasteiger partial charge in [0.15, 0.2) is 11.6 Å². The number of nitrogens with one attached hydrogen (secondary N) is 2. The van der Waals surface area contributed by atoms with Crippen LogP contribution in [-0.4, -0.2) is 42.8 Å². The standard InChI is InChI=1S/C36H35Cl2N3O5/c1-44-29-15-10-26(11-16-29)24-39-41-35(43)36(20-5-9-25-7-3-2-4-8-25)33(31-19-14-28(37)23-32(31)38)46-34(40-36)27-12-17-30(18-13-27)45-22-6-21-42/h2-5,7-19,23,33,39,42H,6,20-22,24H2,1H3,(H,41,43)/b9-5+/t33-,36-/m0/s1. The molecule has 5 rings (SSSR count). The van der Waals surface area contributed by atoms with Crippen LogP contribution in [0.25, 0.3) is 6.08 Å². The summed E-state index contributed by atoms with van der Waals surface area (Å²) in [5.41, 5.74) is 7.66. The largest absolute Gasteiger partial charge is 0.497 e. The number of methoxy groups -OCH3 is 1. The summed E-state index contributed by atoms with van der Waals surface area (Å²) in [4.78, 5) is 19.3. The van der Waals surface area contributed by atoms with Crippen LogP contribution in [0, 0.1) is 0 Å². The summed E-state index contributed by atoms with van der Waals surface area (Å²) in [5, 5.41) is 9.88. The molecule has 4 aromatic rings. The molecule has 0 bridgehead atoms. The predicted octanol–water partition coefficient (Wildman–Crippen LogP) is 6.94. The monoisotopic (exact) mass is 659 g/mol. The molecule has 0 spiro atoms. The summed E-state index contributed by atoms with van der Waals surface area (Å²) in [6.07, 6.45) is 3.72. The molecule has 0 radical (unpaired) electrons. The van der Waals surface area contributed by atoms with E-state index in [1.54, 1.807) is 37.4 Å². The number of carbonyl (C=O) groups excluding carboxylic acids is 1. The zero-order chi connectivity index (χ0) is 32.4. The van der Waals surface area contributed by atoms with Crippen molar-refractivity contribution in [1.82, 2.24) is 10.9 Å². The van der Waals surface area contributed by atoms with Crippen molar-refractivity contribution >= 4 is 41.1 Å². The van der Waals surface area contributed by atoms with E-state index < -0.39 is 17.6 Å². The lowest BCUT2D eigenvalue weighted by Crippen LogP contribution is -2.52. The maximum absolute atomic E-state index is 14.3. The second-order valence-electron chi connectivity index (χ2n) is 10.6. The summed E-state index contributed by atoms with van der Waals surface area (Å²) < 4.78 is 17.5. The first kappa shape index (κ1) is 33.0. The number of rotatable bonds is 14. The molecule has 0 saturated heterocycles. The van der Waals surface area contributed by atoms with E-state index in [-0.39, 0.29) is 18.9 Å². The van der Waals surface area contributed by atoms with E-state index in [9.17, 15) is 4.79 Å². The minimum atomic E-state index is -1.44. The number of hydrazine groups is 1. The van der Waals surface area contributed by atoms with Crippen LogP contribution >= 0.6 is 23.2 Å². The van der Waals surface area contributed by atoms with Gasteiger partial charge in [-0.25, -0.2) is 10.4 Å². The first-order valence-electron chi connectivity index (χ1n) is 14.9. The smallest absolute Gasteiger partial charge is 0.266 e. The third kappa shape index (κ3) is 8.08. The lowest BCUT2D eigenvalue weighted by molar-refractivity contribution is -0.129. The molecule has 238 valence electrons. The Kier molecular flexibility index (Phi) is 11.3. The van der Waals surface area contributed by atoms with Crippen molar-refractivity contribution in [2.45, 2.75) is 31.0 Å². The van der Waals surface area contributed by atoms with Crippen molar-refractivity contribution in [3.63, 3.8) is 0 Å². The first-order valence-corrected chi connectivity index (χ1v) is 15.6. The zero-order valence-electron chi connectivity index (χ0n) is 25.3. The molecule has 46 heavy (non-hydrogen) atoms. The predicted molar refractivity (Wildman–Crippen MR) is 181 cm³/mol. The van der Waals surface area contributed by atoms with Gasteiger partial charge in [0.2, 0.25) is 5.90 Å². The lowest BCUT2D eigenvalue weighted by Gasteiger charge is -2.30. The molecule has 0 aliphatic carbocycles. The molecule has 1 heterocycles. The van der Waals surface area contributed by atoms with Gasteiger partial charge in [0, 0.05) is 47.2 Å². The first-order chi connectivity index (χ1) is 22.4. The topological polar surface area (TPSA) is 101 Å². The molecule has 4 aromatic carbocycles. The second-order valence-corrected chi connectivity index (χ2v) is 11.5. The third-order valence-corrected chi connectivity index (χ3v) is 8.03. The van der Waals surface area contributed by atoms with Gasteiger partial charge >= 0.3 is 0 Å². The van der Waals surface area contributed by atoms with E-state index in [4.69, 9.17) is 47.5 Å². The van der Waals surface area contributed by atoms with E-state index in [0.717, 1.165) is 16.9 Å². The highest BCUT2D eigenvalue weighted by molar-refractivity contribution is 6.35. The van der Waals surface area contributed by atoms with E-state index in [1.165, 1.54) is 0 Å². The number of aliphatic hydroxyl groups is 1. The highest BCUT2D eigenvalue weighted by Crippen LogP contribution is 2.45.